The van der Waals surface area contributed by atoms with E-state index in [2.05, 4.69) is 14.8 Å². The molecule has 7 heteroatoms. The Morgan fingerprint density at radius 1 is 1.21 bits per heavy atom. The maximum Gasteiger partial charge on any atom is 0.344 e. The van der Waals surface area contributed by atoms with Gasteiger partial charge in [-0.25, -0.2) is 9.59 Å². The van der Waals surface area contributed by atoms with Gasteiger partial charge in [0, 0.05) is 5.69 Å². The molecule has 0 atom stereocenters. The van der Waals surface area contributed by atoms with E-state index < -0.39 is 31.1 Å². The molecular formula is C12H13NO6. The molecule has 7 nitrogen and oxygen atoms in total. The number of carbonyl (C=O) groups excluding carboxylic acids is 3. The van der Waals surface area contributed by atoms with Crippen LogP contribution >= 0.6 is 0 Å². The Morgan fingerprint density at radius 3 is 2.37 bits per heavy atom. The molecule has 0 aromatic heterocycles. The van der Waals surface area contributed by atoms with E-state index in [4.69, 9.17) is 5.11 Å². The Bertz CT molecular complexity index is 468. The van der Waals surface area contributed by atoms with Gasteiger partial charge in [-0.15, -0.1) is 0 Å². The first-order valence-electron chi connectivity index (χ1n) is 5.31. The fourth-order valence-corrected chi connectivity index (χ4v) is 1.16. The number of amides is 1. The van der Waals surface area contributed by atoms with E-state index in [-0.39, 0.29) is 5.56 Å². The van der Waals surface area contributed by atoms with Gasteiger partial charge >= 0.3 is 11.9 Å². The van der Waals surface area contributed by atoms with Crippen molar-refractivity contribution < 1.29 is 29.0 Å². The molecule has 19 heavy (non-hydrogen) atoms. The number of carbonyl (C=O) groups is 3. The van der Waals surface area contributed by atoms with E-state index in [1.54, 1.807) is 0 Å². The van der Waals surface area contributed by atoms with Crippen LogP contribution in [-0.4, -0.2) is 43.3 Å². The van der Waals surface area contributed by atoms with Crippen LogP contribution in [0.2, 0.25) is 0 Å². The smallest absolute Gasteiger partial charge is 0.344 e. The monoisotopic (exact) mass is 267 g/mol. The van der Waals surface area contributed by atoms with Gasteiger partial charge in [0.15, 0.2) is 6.61 Å². The predicted molar refractivity (Wildman–Crippen MR) is 64.5 cm³/mol. The van der Waals surface area contributed by atoms with Crippen LogP contribution in [0.4, 0.5) is 5.69 Å². The average Bonchev–Trinajstić information content (AvgIpc) is 2.44. The summed E-state index contributed by atoms with van der Waals surface area (Å²) in [6.45, 7) is -1.08. The molecule has 0 saturated heterocycles. The number of aliphatic hydroxyl groups excluding tert-OH is 1. The number of esters is 2. The topological polar surface area (TPSA) is 102 Å². The third kappa shape index (κ3) is 4.76. The van der Waals surface area contributed by atoms with Crippen molar-refractivity contribution >= 4 is 23.5 Å². The molecule has 0 aliphatic heterocycles. The van der Waals surface area contributed by atoms with Crippen molar-refractivity contribution in [2.75, 3.05) is 25.6 Å². The molecule has 0 fully saturated rings. The number of anilines is 1. The number of methoxy groups -OCH3 is 1. The fourth-order valence-electron chi connectivity index (χ4n) is 1.16. The summed E-state index contributed by atoms with van der Waals surface area (Å²) in [6, 6.07) is 5.80. The second-order valence-corrected chi connectivity index (χ2v) is 3.44. The molecule has 102 valence electrons. The summed E-state index contributed by atoms with van der Waals surface area (Å²) in [6.07, 6.45) is 0. The number of nitrogens with one attached hydrogen (secondary N) is 1. The van der Waals surface area contributed by atoms with E-state index in [1.165, 1.54) is 31.4 Å². The molecule has 0 saturated carbocycles. The fraction of sp³-hybridized carbons (Fsp3) is 0.250. The number of ether oxygens (including phenoxy) is 2. The van der Waals surface area contributed by atoms with Crippen LogP contribution < -0.4 is 5.32 Å². The highest BCUT2D eigenvalue weighted by Gasteiger charge is 2.10. The highest BCUT2D eigenvalue weighted by atomic mass is 16.6. The molecule has 1 amide bonds. The summed E-state index contributed by atoms with van der Waals surface area (Å²) in [5.41, 5.74) is 0.662. The molecule has 1 rings (SSSR count). The number of rotatable bonds is 5. The number of hydrogen-bond acceptors (Lipinski definition) is 6. The molecule has 0 aliphatic rings. The van der Waals surface area contributed by atoms with Crippen molar-refractivity contribution in [2.45, 2.75) is 0 Å². The third-order valence-corrected chi connectivity index (χ3v) is 2.10. The standard InChI is InChI=1S/C12H13NO6/c1-18-11(16)7-19-12(17)8-2-4-9(5-3-8)13-10(15)6-14/h2-5,14H,6-7H2,1H3,(H,13,15). The largest absolute Gasteiger partial charge is 0.466 e. The van der Waals surface area contributed by atoms with Crippen LogP contribution in [0.3, 0.4) is 0 Å². The summed E-state index contributed by atoms with van der Waals surface area (Å²) in [5, 5.41) is 11.0. The van der Waals surface area contributed by atoms with Crippen molar-refractivity contribution in [1.82, 2.24) is 0 Å². The Kier molecular flexibility index (Phi) is 5.49. The summed E-state index contributed by atoms with van der Waals surface area (Å²) in [5.74, 6) is -1.88. The highest BCUT2D eigenvalue weighted by molar-refractivity contribution is 5.93. The predicted octanol–water partition coefficient (Wildman–Crippen LogP) is -0.0528. The maximum absolute atomic E-state index is 11.5. The lowest BCUT2D eigenvalue weighted by molar-refractivity contribution is -0.144. The van der Waals surface area contributed by atoms with Crippen molar-refractivity contribution in [1.29, 1.82) is 0 Å². The Labute approximate surface area is 109 Å². The maximum atomic E-state index is 11.5. The summed E-state index contributed by atoms with van der Waals surface area (Å²) in [7, 11) is 1.19. The quantitative estimate of drug-likeness (QED) is 0.725. The average molecular weight is 267 g/mol. The van der Waals surface area contributed by atoms with Crippen LogP contribution in [-0.2, 0) is 19.1 Å². The summed E-state index contributed by atoms with van der Waals surface area (Å²) in [4.78, 5) is 33.2. The first-order valence-corrected chi connectivity index (χ1v) is 5.31. The second kappa shape index (κ2) is 7.12. The minimum absolute atomic E-state index is 0.228. The van der Waals surface area contributed by atoms with E-state index in [0.29, 0.717) is 5.69 Å². The summed E-state index contributed by atoms with van der Waals surface area (Å²) >= 11 is 0. The third-order valence-electron chi connectivity index (χ3n) is 2.10. The zero-order chi connectivity index (χ0) is 14.3. The first-order chi connectivity index (χ1) is 9.06. The minimum atomic E-state index is -0.676. The van der Waals surface area contributed by atoms with Crippen LogP contribution in [0, 0.1) is 0 Å². The molecule has 0 spiro atoms. The van der Waals surface area contributed by atoms with Crippen molar-refractivity contribution in [3.05, 3.63) is 29.8 Å². The zero-order valence-corrected chi connectivity index (χ0v) is 10.2. The molecular weight excluding hydrogens is 254 g/mol. The van der Waals surface area contributed by atoms with E-state index in [0.717, 1.165) is 0 Å². The van der Waals surface area contributed by atoms with Crippen LogP contribution in [0.25, 0.3) is 0 Å². The van der Waals surface area contributed by atoms with E-state index in [1.807, 2.05) is 0 Å². The van der Waals surface area contributed by atoms with Crippen molar-refractivity contribution in [2.24, 2.45) is 0 Å². The van der Waals surface area contributed by atoms with Gasteiger partial charge in [0.1, 0.15) is 6.61 Å². The lowest BCUT2D eigenvalue weighted by atomic mass is 10.2. The molecule has 0 unspecified atom stereocenters. The van der Waals surface area contributed by atoms with Gasteiger partial charge in [-0.2, -0.15) is 0 Å². The van der Waals surface area contributed by atoms with Gasteiger partial charge in [0.05, 0.1) is 12.7 Å². The van der Waals surface area contributed by atoms with Gasteiger partial charge in [-0.3, -0.25) is 4.79 Å². The molecule has 1 aromatic rings. The lowest BCUT2D eigenvalue weighted by Crippen LogP contribution is -2.16. The molecule has 0 heterocycles. The van der Waals surface area contributed by atoms with Gasteiger partial charge in [-0.1, -0.05) is 0 Å². The Morgan fingerprint density at radius 2 is 1.84 bits per heavy atom. The minimum Gasteiger partial charge on any atom is -0.466 e. The Hall–Kier alpha value is -2.41. The van der Waals surface area contributed by atoms with E-state index in [9.17, 15) is 14.4 Å². The number of benzene rings is 1. The number of aliphatic hydroxyl groups is 1. The van der Waals surface area contributed by atoms with Crippen LogP contribution in [0.5, 0.6) is 0 Å². The normalized spacial score (nSPS) is 9.58. The van der Waals surface area contributed by atoms with Gasteiger partial charge in [0.25, 0.3) is 0 Å². The molecule has 0 aliphatic carbocycles. The van der Waals surface area contributed by atoms with Gasteiger partial charge in [-0.05, 0) is 24.3 Å². The SMILES string of the molecule is COC(=O)COC(=O)c1ccc(NC(=O)CO)cc1. The lowest BCUT2D eigenvalue weighted by Gasteiger charge is -2.05. The van der Waals surface area contributed by atoms with Crippen LogP contribution in [0.15, 0.2) is 24.3 Å². The summed E-state index contributed by atoms with van der Waals surface area (Å²) < 4.78 is 9.01. The highest BCUT2D eigenvalue weighted by Crippen LogP contribution is 2.10. The van der Waals surface area contributed by atoms with E-state index >= 15 is 0 Å². The number of hydrogen-bond donors (Lipinski definition) is 2. The van der Waals surface area contributed by atoms with Crippen molar-refractivity contribution in [3.63, 3.8) is 0 Å². The zero-order valence-electron chi connectivity index (χ0n) is 10.2. The molecule has 0 radical (unpaired) electrons. The second-order valence-electron chi connectivity index (χ2n) is 3.44. The van der Waals surface area contributed by atoms with Gasteiger partial charge < -0.3 is 19.9 Å². The Balaban J connectivity index is 2.58. The molecule has 0 bridgehead atoms. The van der Waals surface area contributed by atoms with Crippen molar-refractivity contribution in [3.8, 4) is 0 Å². The first kappa shape index (κ1) is 14.7. The molecule has 2 N–H and O–H groups in total. The van der Waals surface area contributed by atoms with Crippen LogP contribution in [0.1, 0.15) is 10.4 Å². The molecule has 1 aromatic carbocycles. The van der Waals surface area contributed by atoms with Gasteiger partial charge in [0.2, 0.25) is 5.91 Å².